The number of aryl methyl sites for hydroxylation is 1. The van der Waals surface area contributed by atoms with Crippen molar-refractivity contribution in [2.45, 2.75) is 19.8 Å². The van der Waals surface area contributed by atoms with Crippen LogP contribution in [0.3, 0.4) is 0 Å². The zero-order chi connectivity index (χ0) is 13.8. The summed E-state index contributed by atoms with van der Waals surface area (Å²) in [4.78, 5) is 8.86. The second-order valence-electron chi connectivity index (χ2n) is 3.96. The van der Waals surface area contributed by atoms with E-state index >= 15 is 0 Å². The number of halogens is 3. The molecule has 2 rings (SSSR count). The molecule has 0 amide bonds. The Labute approximate surface area is 137 Å². The number of nitrogens with one attached hydrogen (secondary N) is 1. The zero-order valence-corrected chi connectivity index (χ0v) is 15.0. The van der Waals surface area contributed by atoms with Gasteiger partial charge in [-0.2, -0.15) is 0 Å². The molecule has 0 unspecified atom stereocenters. The molecule has 1 aromatic carbocycles. The van der Waals surface area contributed by atoms with Crippen molar-refractivity contribution in [3.05, 3.63) is 43.6 Å². The number of aromatic nitrogens is 2. The maximum atomic E-state index is 4.51. The maximum absolute atomic E-state index is 4.51. The van der Waals surface area contributed by atoms with Crippen molar-refractivity contribution in [3.8, 4) is 0 Å². The van der Waals surface area contributed by atoms with Crippen LogP contribution in [0.1, 0.15) is 19.2 Å². The number of benzene rings is 1. The van der Waals surface area contributed by atoms with Crippen molar-refractivity contribution in [1.29, 1.82) is 0 Å². The van der Waals surface area contributed by atoms with Crippen LogP contribution in [0.25, 0.3) is 0 Å². The Hall–Kier alpha value is -0.460. The first-order chi connectivity index (χ1) is 9.10. The van der Waals surface area contributed by atoms with E-state index in [2.05, 4.69) is 70.0 Å². The highest BCUT2D eigenvalue weighted by Crippen LogP contribution is 2.33. The summed E-state index contributed by atoms with van der Waals surface area (Å²) in [6, 6.07) is 7.80. The van der Waals surface area contributed by atoms with Crippen LogP contribution in [0, 0.1) is 0 Å². The van der Waals surface area contributed by atoms with Gasteiger partial charge in [-0.3, -0.25) is 0 Å². The molecule has 0 aliphatic carbocycles. The van der Waals surface area contributed by atoms with Crippen LogP contribution in [0.5, 0.6) is 0 Å². The van der Waals surface area contributed by atoms with Crippen molar-refractivity contribution in [3.63, 3.8) is 0 Å². The van der Waals surface area contributed by atoms with Gasteiger partial charge in [0.1, 0.15) is 16.2 Å². The van der Waals surface area contributed by atoms with E-state index < -0.39 is 0 Å². The van der Waals surface area contributed by atoms with Crippen LogP contribution < -0.4 is 5.32 Å². The molecule has 1 heterocycles. The molecule has 100 valence electrons. The van der Waals surface area contributed by atoms with Crippen LogP contribution in [0.15, 0.2) is 37.8 Å². The molecule has 0 fully saturated rings. The van der Waals surface area contributed by atoms with Gasteiger partial charge in [0.2, 0.25) is 0 Å². The largest absolute Gasteiger partial charge is 0.338 e. The molecule has 2 aromatic rings. The van der Waals surface area contributed by atoms with Crippen molar-refractivity contribution >= 4 is 59.3 Å². The maximum Gasteiger partial charge on any atom is 0.135 e. The van der Waals surface area contributed by atoms with Crippen LogP contribution in [-0.2, 0) is 6.42 Å². The molecule has 0 bridgehead atoms. The summed E-state index contributed by atoms with van der Waals surface area (Å²) in [5.74, 6) is 1.61. The Morgan fingerprint density at radius 1 is 1.11 bits per heavy atom. The Bertz CT molecular complexity index is 567. The smallest absolute Gasteiger partial charge is 0.135 e. The Morgan fingerprint density at radius 3 is 2.42 bits per heavy atom. The quantitative estimate of drug-likeness (QED) is 0.630. The number of hydrogen-bond donors (Lipinski definition) is 1. The first-order valence-corrected chi connectivity index (χ1v) is 8.22. The third-order valence-corrected chi connectivity index (χ3v) is 4.16. The monoisotopic (exact) mass is 447 g/mol. The normalized spacial score (nSPS) is 10.5. The van der Waals surface area contributed by atoms with Gasteiger partial charge in [0.05, 0.1) is 5.69 Å². The lowest BCUT2D eigenvalue weighted by atomic mass is 10.3. The van der Waals surface area contributed by atoms with Gasteiger partial charge in [-0.1, -0.05) is 13.0 Å². The predicted octanol–water partition coefficient (Wildman–Crippen LogP) is 5.46. The first-order valence-electron chi connectivity index (χ1n) is 5.84. The van der Waals surface area contributed by atoms with E-state index in [-0.39, 0.29) is 0 Å². The van der Waals surface area contributed by atoms with Crippen LogP contribution >= 0.6 is 47.8 Å². The van der Waals surface area contributed by atoms with Gasteiger partial charge in [-0.05, 0) is 66.3 Å². The van der Waals surface area contributed by atoms with Gasteiger partial charge in [0.15, 0.2) is 0 Å². The summed E-state index contributed by atoms with van der Waals surface area (Å²) in [5, 5.41) is 3.31. The molecule has 3 nitrogen and oxygen atoms in total. The molecule has 0 saturated carbocycles. The second kappa shape index (κ2) is 6.81. The lowest BCUT2D eigenvalue weighted by Crippen LogP contribution is -2.01. The SMILES string of the molecule is CCCc1nc(Br)cc(Nc2c(Br)cccc2Br)n1. The van der Waals surface area contributed by atoms with Crippen molar-refractivity contribution < 1.29 is 0 Å². The fourth-order valence-electron chi connectivity index (χ4n) is 1.61. The number of para-hydroxylation sites is 1. The Kier molecular flexibility index (Phi) is 5.36. The van der Waals surface area contributed by atoms with Crippen LogP contribution in [-0.4, -0.2) is 9.97 Å². The van der Waals surface area contributed by atoms with E-state index in [1.54, 1.807) is 0 Å². The lowest BCUT2D eigenvalue weighted by Gasteiger charge is -2.11. The van der Waals surface area contributed by atoms with E-state index in [0.717, 1.165) is 43.7 Å². The first kappa shape index (κ1) is 14.9. The van der Waals surface area contributed by atoms with E-state index in [1.807, 2.05) is 24.3 Å². The van der Waals surface area contributed by atoms with Crippen molar-refractivity contribution in [2.75, 3.05) is 5.32 Å². The molecular formula is C13H12Br3N3. The van der Waals surface area contributed by atoms with Gasteiger partial charge in [0.25, 0.3) is 0 Å². The van der Waals surface area contributed by atoms with Crippen molar-refractivity contribution in [2.24, 2.45) is 0 Å². The number of nitrogens with zero attached hydrogens (tertiary/aromatic N) is 2. The van der Waals surface area contributed by atoms with E-state index in [0.29, 0.717) is 0 Å². The van der Waals surface area contributed by atoms with E-state index in [4.69, 9.17) is 0 Å². The van der Waals surface area contributed by atoms with E-state index in [1.165, 1.54) is 0 Å². The second-order valence-corrected chi connectivity index (χ2v) is 6.48. The molecule has 0 radical (unpaired) electrons. The summed E-state index contributed by atoms with van der Waals surface area (Å²) < 4.78 is 2.75. The summed E-state index contributed by atoms with van der Waals surface area (Å²) in [6.07, 6.45) is 1.89. The van der Waals surface area contributed by atoms with Crippen LogP contribution in [0.2, 0.25) is 0 Å². The topological polar surface area (TPSA) is 37.8 Å². The highest BCUT2D eigenvalue weighted by atomic mass is 79.9. The molecule has 0 atom stereocenters. The molecule has 19 heavy (non-hydrogen) atoms. The van der Waals surface area contributed by atoms with Gasteiger partial charge in [-0.25, -0.2) is 9.97 Å². The molecule has 1 N–H and O–H groups in total. The molecule has 6 heteroatoms. The Balaban J connectivity index is 2.33. The van der Waals surface area contributed by atoms with E-state index in [9.17, 15) is 0 Å². The lowest BCUT2D eigenvalue weighted by molar-refractivity contribution is 0.831. The Morgan fingerprint density at radius 2 is 1.79 bits per heavy atom. The predicted molar refractivity (Wildman–Crippen MR) is 88.9 cm³/mol. The van der Waals surface area contributed by atoms with Crippen LogP contribution in [0.4, 0.5) is 11.5 Å². The summed E-state index contributed by atoms with van der Waals surface area (Å²) in [5.41, 5.74) is 0.954. The summed E-state index contributed by atoms with van der Waals surface area (Å²) in [6.45, 7) is 2.11. The van der Waals surface area contributed by atoms with Gasteiger partial charge in [-0.15, -0.1) is 0 Å². The third kappa shape index (κ3) is 4.00. The highest BCUT2D eigenvalue weighted by Gasteiger charge is 2.08. The number of anilines is 2. The molecule has 0 aliphatic rings. The third-order valence-electron chi connectivity index (χ3n) is 2.43. The van der Waals surface area contributed by atoms with Gasteiger partial charge >= 0.3 is 0 Å². The van der Waals surface area contributed by atoms with Gasteiger partial charge < -0.3 is 5.32 Å². The minimum Gasteiger partial charge on any atom is -0.338 e. The zero-order valence-electron chi connectivity index (χ0n) is 10.3. The molecule has 1 aromatic heterocycles. The summed E-state index contributed by atoms with van der Waals surface area (Å²) >= 11 is 10.5. The standard InChI is InChI=1S/C13H12Br3N3/c1-2-4-11-17-10(16)7-12(18-11)19-13-8(14)5-3-6-9(13)15/h3,5-7H,2,4H2,1H3,(H,17,18,19). The summed E-state index contributed by atoms with van der Waals surface area (Å²) in [7, 11) is 0. The molecule has 0 spiro atoms. The fraction of sp³-hybridized carbons (Fsp3) is 0.231. The fourth-order valence-corrected chi connectivity index (χ4v) is 3.23. The average molecular weight is 450 g/mol. The van der Waals surface area contributed by atoms with Gasteiger partial charge in [0, 0.05) is 21.4 Å². The minimum atomic E-state index is 0.776. The number of rotatable bonds is 4. The highest BCUT2D eigenvalue weighted by molar-refractivity contribution is 9.11. The molecule has 0 aliphatic heterocycles. The average Bonchev–Trinajstić information content (AvgIpc) is 2.34. The minimum absolute atomic E-state index is 0.776. The molecule has 0 saturated heterocycles. The molecular weight excluding hydrogens is 438 g/mol. The van der Waals surface area contributed by atoms with Crippen molar-refractivity contribution in [1.82, 2.24) is 9.97 Å². The number of hydrogen-bond acceptors (Lipinski definition) is 3.